The van der Waals surface area contributed by atoms with Crippen LogP contribution in [0.3, 0.4) is 0 Å². The van der Waals surface area contributed by atoms with E-state index in [0.717, 1.165) is 6.54 Å². The summed E-state index contributed by atoms with van der Waals surface area (Å²) in [6, 6.07) is -0.298. The average Bonchev–Trinajstić information content (AvgIpc) is 2.29. The molecule has 7 heteroatoms. The topological polar surface area (TPSA) is 90.9 Å². The summed E-state index contributed by atoms with van der Waals surface area (Å²) < 4.78 is 5.31. The largest absolute Gasteiger partial charge is 0.481 e. The van der Waals surface area contributed by atoms with Crippen LogP contribution in [-0.2, 0) is 9.53 Å². The van der Waals surface area contributed by atoms with Gasteiger partial charge in [-0.05, 0) is 20.0 Å². The first-order valence-corrected chi connectivity index (χ1v) is 6.37. The van der Waals surface area contributed by atoms with Crippen molar-refractivity contribution in [1.82, 2.24) is 15.5 Å². The Balaban J connectivity index is 3.42. The minimum atomic E-state index is -0.857. The molecule has 0 heterocycles. The Morgan fingerprint density at radius 2 is 1.95 bits per heavy atom. The van der Waals surface area contributed by atoms with Crippen LogP contribution < -0.4 is 10.6 Å². The average molecular weight is 275 g/mol. The van der Waals surface area contributed by atoms with Gasteiger partial charge in [-0.15, -0.1) is 0 Å². The van der Waals surface area contributed by atoms with Crippen LogP contribution in [0.25, 0.3) is 0 Å². The molecule has 0 aliphatic carbocycles. The molecular formula is C12H25N3O4. The highest BCUT2D eigenvalue weighted by Gasteiger charge is 2.08. The number of rotatable bonds is 10. The van der Waals surface area contributed by atoms with Crippen LogP contribution in [0.4, 0.5) is 4.79 Å². The predicted octanol–water partition coefficient (Wildman–Crippen LogP) is -0.0254. The summed E-state index contributed by atoms with van der Waals surface area (Å²) in [6.45, 7) is 4.50. The second-order valence-electron chi connectivity index (χ2n) is 4.76. The molecule has 112 valence electrons. The molecule has 0 aliphatic rings. The first-order valence-electron chi connectivity index (χ1n) is 6.37. The van der Waals surface area contributed by atoms with Gasteiger partial charge >= 0.3 is 12.0 Å². The van der Waals surface area contributed by atoms with Gasteiger partial charge in [0.15, 0.2) is 0 Å². The van der Waals surface area contributed by atoms with E-state index in [1.165, 1.54) is 0 Å². The van der Waals surface area contributed by atoms with Gasteiger partial charge < -0.3 is 25.4 Å². The van der Waals surface area contributed by atoms with E-state index in [4.69, 9.17) is 9.84 Å². The first-order chi connectivity index (χ1) is 8.91. The van der Waals surface area contributed by atoms with E-state index >= 15 is 0 Å². The molecule has 0 rings (SSSR count). The van der Waals surface area contributed by atoms with Gasteiger partial charge in [0.25, 0.3) is 0 Å². The van der Waals surface area contributed by atoms with Crippen LogP contribution in [0.2, 0.25) is 0 Å². The molecule has 19 heavy (non-hydrogen) atoms. The molecule has 0 spiro atoms. The summed E-state index contributed by atoms with van der Waals surface area (Å²) in [5, 5.41) is 13.8. The van der Waals surface area contributed by atoms with Gasteiger partial charge in [0.2, 0.25) is 0 Å². The van der Waals surface area contributed by atoms with Gasteiger partial charge in [0.05, 0.1) is 13.2 Å². The zero-order valence-corrected chi connectivity index (χ0v) is 11.9. The summed E-state index contributed by atoms with van der Waals surface area (Å²) in [5.41, 5.74) is 0. The number of nitrogens with zero attached hydrogens (tertiary/aromatic N) is 1. The number of hydrogen-bond donors (Lipinski definition) is 3. The van der Waals surface area contributed by atoms with Crippen LogP contribution >= 0.6 is 0 Å². The molecule has 1 atom stereocenters. The Bertz CT molecular complexity index is 272. The number of amides is 2. The fourth-order valence-corrected chi connectivity index (χ4v) is 1.29. The van der Waals surface area contributed by atoms with E-state index in [-0.39, 0.29) is 18.4 Å². The highest BCUT2D eigenvalue weighted by atomic mass is 16.5. The van der Waals surface area contributed by atoms with Crippen LogP contribution in [-0.4, -0.2) is 69.0 Å². The number of carbonyl (C=O) groups is 2. The number of carboxylic acid groups (broad SMARTS) is 1. The van der Waals surface area contributed by atoms with Crippen LogP contribution in [0, 0.1) is 5.92 Å². The number of hydrogen-bond acceptors (Lipinski definition) is 4. The molecule has 0 saturated heterocycles. The number of likely N-dealkylation sites (N-methyl/N-ethyl adjacent to an activating group) is 1. The minimum absolute atomic E-state index is 0.0495. The fraction of sp³-hybridized carbons (Fsp3) is 0.833. The molecule has 1 unspecified atom stereocenters. The van der Waals surface area contributed by atoms with E-state index in [0.29, 0.717) is 26.3 Å². The molecule has 0 aromatic heterocycles. The molecule has 0 aromatic carbocycles. The van der Waals surface area contributed by atoms with E-state index in [2.05, 4.69) is 10.6 Å². The van der Waals surface area contributed by atoms with Crippen molar-refractivity contribution in [1.29, 1.82) is 0 Å². The number of carbonyl (C=O) groups excluding carboxylic acids is 1. The van der Waals surface area contributed by atoms with E-state index in [1.54, 1.807) is 6.92 Å². The normalized spacial score (nSPS) is 12.2. The lowest BCUT2D eigenvalue weighted by atomic mass is 10.1. The van der Waals surface area contributed by atoms with E-state index in [9.17, 15) is 9.59 Å². The lowest BCUT2D eigenvalue weighted by Gasteiger charge is -2.12. The zero-order chi connectivity index (χ0) is 14.7. The maximum Gasteiger partial charge on any atom is 0.314 e. The molecule has 0 aromatic rings. The predicted molar refractivity (Wildman–Crippen MR) is 72.2 cm³/mol. The Kier molecular flexibility index (Phi) is 9.82. The maximum absolute atomic E-state index is 11.3. The van der Waals surface area contributed by atoms with Gasteiger partial charge in [0.1, 0.15) is 0 Å². The smallest absolute Gasteiger partial charge is 0.314 e. The zero-order valence-electron chi connectivity index (χ0n) is 11.9. The van der Waals surface area contributed by atoms with Crippen molar-refractivity contribution in [3.05, 3.63) is 0 Å². The lowest BCUT2D eigenvalue weighted by Crippen LogP contribution is -2.39. The highest BCUT2D eigenvalue weighted by molar-refractivity contribution is 5.73. The van der Waals surface area contributed by atoms with Gasteiger partial charge in [-0.25, -0.2) is 4.79 Å². The molecule has 2 amide bonds. The third kappa shape index (κ3) is 12.9. The molecule has 0 bridgehead atoms. The lowest BCUT2D eigenvalue weighted by molar-refractivity contribution is -0.137. The van der Waals surface area contributed by atoms with Crippen LogP contribution in [0.15, 0.2) is 0 Å². The number of nitrogens with one attached hydrogen (secondary N) is 2. The molecule has 0 fully saturated rings. The summed E-state index contributed by atoms with van der Waals surface area (Å²) in [6.07, 6.45) is 0.0495. The fourth-order valence-electron chi connectivity index (χ4n) is 1.29. The Labute approximate surface area is 114 Å². The van der Waals surface area contributed by atoms with Crippen molar-refractivity contribution >= 4 is 12.0 Å². The number of aliphatic carboxylic acids is 1. The van der Waals surface area contributed by atoms with Crippen molar-refractivity contribution in [2.45, 2.75) is 13.3 Å². The van der Waals surface area contributed by atoms with Crippen molar-refractivity contribution in [3.8, 4) is 0 Å². The van der Waals surface area contributed by atoms with Gasteiger partial charge in [-0.3, -0.25) is 4.79 Å². The molecule has 0 saturated carbocycles. The van der Waals surface area contributed by atoms with E-state index < -0.39 is 5.97 Å². The second-order valence-corrected chi connectivity index (χ2v) is 4.76. The highest BCUT2D eigenvalue weighted by Crippen LogP contribution is 1.98. The third-order valence-electron chi connectivity index (χ3n) is 2.35. The molecule has 3 N–H and O–H groups in total. The number of carboxylic acids is 1. The minimum Gasteiger partial charge on any atom is -0.481 e. The Hall–Kier alpha value is -1.34. The Morgan fingerprint density at radius 3 is 2.53 bits per heavy atom. The van der Waals surface area contributed by atoms with Crippen molar-refractivity contribution in [2.75, 3.05) is 46.9 Å². The van der Waals surface area contributed by atoms with Crippen molar-refractivity contribution < 1.29 is 19.4 Å². The SMILES string of the molecule is CC(CNC(=O)NCCOCCN(C)C)CC(=O)O. The quantitative estimate of drug-likeness (QED) is 0.487. The molecular weight excluding hydrogens is 250 g/mol. The summed E-state index contributed by atoms with van der Waals surface area (Å²) in [5.74, 6) is -0.941. The van der Waals surface area contributed by atoms with E-state index in [1.807, 2.05) is 19.0 Å². The van der Waals surface area contributed by atoms with Crippen molar-refractivity contribution in [3.63, 3.8) is 0 Å². The summed E-state index contributed by atoms with van der Waals surface area (Å²) in [4.78, 5) is 23.8. The third-order valence-corrected chi connectivity index (χ3v) is 2.35. The second kappa shape index (κ2) is 10.6. The summed E-state index contributed by atoms with van der Waals surface area (Å²) in [7, 11) is 3.93. The molecule has 0 radical (unpaired) electrons. The van der Waals surface area contributed by atoms with Crippen LogP contribution in [0.1, 0.15) is 13.3 Å². The number of ether oxygens (including phenoxy) is 1. The van der Waals surface area contributed by atoms with Gasteiger partial charge in [0, 0.05) is 26.1 Å². The molecule has 7 nitrogen and oxygen atoms in total. The number of urea groups is 1. The monoisotopic (exact) mass is 275 g/mol. The maximum atomic E-state index is 11.3. The van der Waals surface area contributed by atoms with Crippen molar-refractivity contribution in [2.24, 2.45) is 5.92 Å². The first kappa shape index (κ1) is 17.7. The summed E-state index contributed by atoms with van der Waals surface area (Å²) >= 11 is 0. The standard InChI is InChI=1S/C12H25N3O4/c1-10(8-11(16)17)9-14-12(18)13-4-6-19-7-5-15(2)3/h10H,4-9H2,1-3H3,(H,16,17)(H2,13,14,18). The van der Waals surface area contributed by atoms with Crippen LogP contribution in [0.5, 0.6) is 0 Å². The van der Waals surface area contributed by atoms with Gasteiger partial charge in [-0.2, -0.15) is 0 Å². The van der Waals surface area contributed by atoms with Gasteiger partial charge in [-0.1, -0.05) is 6.92 Å². The Morgan fingerprint density at radius 1 is 1.26 bits per heavy atom. The molecule has 0 aliphatic heterocycles.